The zero-order chi connectivity index (χ0) is 12.4. The van der Waals surface area contributed by atoms with Crippen molar-refractivity contribution < 1.29 is 24.9 Å². The Morgan fingerprint density at radius 3 is 2.75 bits per heavy atom. The lowest BCUT2D eigenvalue weighted by atomic mass is 9.96. The van der Waals surface area contributed by atoms with E-state index in [0.717, 1.165) is 0 Å². The number of ether oxygens (including phenoxy) is 1. The molecule has 1 heterocycles. The monoisotopic (exact) mass is 233 g/mol. The topological polar surface area (TPSA) is 99.0 Å². The summed E-state index contributed by atoms with van der Waals surface area (Å²) in [6.45, 7) is 3.56. The number of carbonyl (C=O) groups is 1. The molecule has 1 aliphatic rings. The number of hydrogen-bond acceptors (Lipinski definition) is 5. The fraction of sp³-hybridized carbons (Fsp3) is 0.900. The predicted molar refractivity (Wildman–Crippen MR) is 56.1 cm³/mol. The van der Waals surface area contributed by atoms with Gasteiger partial charge in [0.1, 0.15) is 5.60 Å². The maximum Gasteiger partial charge on any atom is 0.336 e. The summed E-state index contributed by atoms with van der Waals surface area (Å²) in [6.07, 6.45) is 0.228. The number of nitrogens with one attached hydrogen (secondary N) is 1. The molecule has 0 amide bonds. The lowest BCUT2D eigenvalue weighted by molar-refractivity contribution is -0.156. The van der Waals surface area contributed by atoms with E-state index in [1.54, 1.807) is 6.92 Å². The highest BCUT2D eigenvalue weighted by Gasteiger charge is 2.40. The Bertz CT molecular complexity index is 268. The average molecular weight is 233 g/mol. The third-order valence-corrected chi connectivity index (χ3v) is 3.02. The van der Waals surface area contributed by atoms with Gasteiger partial charge in [-0.25, -0.2) is 4.79 Å². The van der Waals surface area contributed by atoms with Gasteiger partial charge in [0.15, 0.2) is 5.60 Å². The van der Waals surface area contributed by atoms with E-state index in [4.69, 9.17) is 9.84 Å². The minimum Gasteiger partial charge on any atom is -0.479 e. The summed E-state index contributed by atoms with van der Waals surface area (Å²) < 4.78 is 5.23. The third kappa shape index (κ3) is 2.91. The van der Waals surface area contributed by atoms with Crippen molar-refractivity contribution in [3.63, 3.8) is 0 Å². The van der Waals surface area contributed by atoms with E-state index in [-0.39, 0.29) is 19.2 Å². The SMILES string of the molecule is CC1OCCC1(O)CNCC(C)(O)C(=O)O. The second-order valence-electron chi connectivity index (χ2n) is 4.55. The fourth-order valence-electron chi connectivity index (χ4n) is 1.60. The van der Waals surface area contributed by atoms with Crippen LogP contribution in [0, 0.1) is 0 Å². The maximum atomic E-state index is 10.6. The second-order valence-corrected chi connectivity index (χ2v) is 4.55. The number of carboxylic acid groups (broad SMARTS) is 1. The molecule has 1 saturated heterocycles. The number of rotatable bonds is 5. The molecule has 0 aromatic rings. The highest BCUT2D eigenvalue weighted by molar-refractivity contribution is 5.76. The lowest BCUT2D eigenvalue weighted by Gasteiger charge is -2.28. The number of aliphatic hydroxyl groups is 2. The molecule has 1 fully saturated rings. The van der Waals surface area contributed by atoms with Gasteiger partial charge < -0.3 is 25.4 Å². The predicted octanol–water partition coefficient (Wildman–Crippen LogP) is -1.05. The first-order valence-electron chi connectivity index (χ1n) is 5.28. The zero-order valence-corrected chi connectivity index (χ0v) is 9.56. The molecule has 16 heavy (non-hydrogen) atoms. The van der Waals surface area contributed by atoms with Crippen LogP contribution in [0.3, 0.4) is 0 Å². The van der Waals surface area contributed by atoms with Crippen LogP contribution in [0.4, 0.5) is 0 Å². The van der Waals surface area contributed by atoms with Gasteiger partial charge in [0.05, 0.1) is 6.10 Å². The highest BCUT2D eigenvalue weighted by Crippen LogP contribution is 2.24. The summed E-state index contributed by atoms with van der Waals surface area (Å²) in [5, 5.41) is 31.0. The maximum absolute atomic E-state index is 10.6. The van der Waals surface area contributed by atoms with E-state index in [2.05, 4.69) is 5.32 Å². The van der Waals surface area contributed by atoms with Gasteiger partial charge in [-0.05, 0) is 13.8 Å². The third-order valence-electron chi connectivity index (χ3n) is 3.02. The van der Waals surface area contributed by atoms with Crippen molar-refractivity contribution in [2.75, 3.05) is 19.7 Å². The summed E-state index contributed by atoms with van der Waals surface area (Å²) in [4.78, 5) is 10.6. The first kappa shape index (κ1) is 13.4. The fourth-order valence-corrected chi connectivity index (χ4v) is 1.60. The van der Waals surface area contributed by atoms with Gasteiger partial charge in [-0.1, -0.05) is 0 Å². The van der Waals surface area contributed by atoms with Crippen LogP contribution < -0.4 is 5.32 Å². The van der Waals surface area contributed by atoms with Gasteiger partial charge >= 0.3 is 5.97 Å². The van der Waals surface area contributed by atoms with Crippen molar-refractivity contribution in [2.24, 2.45) is 0 Å². The molecule has 0 radical (unpaired) electrons. The summed E-state index contributed by atoms with van der Waals surface area (Å²) in [6, 6.07) is 0. The molecule has 0 aromatic carbocycles. The molecule has 6 heteroatoms. The molecule has 94 valence electrons. The van der Waals surface area contributed by atoms with Crippen LogP contribution in [0.25, 0.3) is 0 Å². The van der Waals surface area contributed by atoms with Gasteiger partial charge in [-0.2, -0.15) is 0 Å². The molecular weight excluding hydrogens is 214 g/mol. The molecule has 0 bridgehead atoms. The molecule has 0 saturated carbocycles. The van der Waals surface area contributed by atoms with Crippen molar-refractivity contribution in [1.82, 2.24) is 5.32 Å². The molecule has 0 aliphatic carbocycles. The Morgan fingerprint density at radius 2 is 2.31 bits per heavy atom. The van der Waals surface area contributed by atoms with E-state index >= 15 is 0 Å². The normalized spacial score (nSPS) is 33.6. The summed E-state index contributed by atoms with van der Waals surface area (Å²) in [5.41, 5.74) is -2.80. The molecule has 4 N–H and O–H groups in total. The van der Waals surface area contributed by atoms with Crippen molar-refractivity contribution >= 4 is 5.97 Å². The minimum atomic E-state index is -1.82. The first-order valence-corrected chi connectivity index (χ1v) is 5.28. The summed E-state index contributed by atoms with van der Waals surface area (Å²) in [7, 11) is 0. The van der Waals surface area contributed by atoms with Gasteiger partial charge in [0.25, 0.3) is 0 Å². The Morgan fingerprint density at radius 1 is 1.69 bits per heavy atom. The lowest BCUT2D eigenvalue weighted by Crippen LogP contribution is -2.51. The van der Waals surface area contributed by atoms with Gasteiger partial charge in [0, 0.05) is 26.1 Å². The van der Waals surface area contributed by atoms with Crippen molar-refractivity contribution in [2.45, 2.75) is 37.6 Å². The standard InChI is InChI=1S/C10H19NO5/c1-7-10(15,3-4-16-7)6-11-5-9(2,14)8(12)13/h7,11,14-15H,3-6H2,1-2H3,(H,12,13). The van der Waals surface area contributed by atoms with Crippen LogP contribution in [-0.4, -0.2) is 58.3 Å². The van der Waals surface area contributed by atoms with Crippen LogP contribution in [0.5, 0.6) is 0 Å². The van der Waals surface area contributed by atoms with Crippen molar-refractivity contribution in [3.8, 4) is 0 Å². The highest BCUT2D eigenvalue weighted by atomic mass is 16.5. The molecule has 6 nitrogen and oxygen atoms in total. The van der Waals surface area contributed by atoms with Crippen LogP contribution in [0.15, 0.2) is 0 Å². The van der Waals surface area contributed by atoms with E-state index in [1.807, 2.05) is 0 Å². The number of hydrogen-bond donors (Lipinski definition) is 4. The first-order chi connectivity index (χ1) is 7.28. The number of carboxylic acids is 1. The quantitative estimate of drug-likeness (QED) is 0.484. The minimum absolute atomic E-state index is 0.114. The van der Waals surface area contributed by atoms with Gasteiger partial charge in [-0.3, -0.25) is 0 Å². The Balaban J connectivity index is 2.38. The number of aliphatic carboxylic acids is 1. The van der Waals surface area contributed by atoms with E-state index in [1.165, 1.54) is 6.92 Å². The zero-order valence-electron chi connectivity index (χ0n) is 9.56. The van der Waals surface area contributed by atoms with E-state index < -0.39 is 17.2 Å². The molecule has 1 rings (SSSR count). The van der Waals surface area contributed by atoms with Crippen molar-refractivity contribution in [3.05, 3.63) is 0 Å². The average Bonchev–Trinajstić information content (AvgIpc) is 2.46. The smallest absolute Gasteiger partial charge is 0.336 e. The van der Waals surface area contributed by atoms with Gasteiger partial charge in [-0.15, -0.1) is 0 Å². The Labute approximate surface area is 94.2 Å². The van der Waals surface area contributed by atoms with Crippen LogP contribution in [0.2, 0.25) is 0 Å². The molecule has 1 aliphatic heterocycles. The Kier molecular flexibility index (Phi) is 3.90. The van der Waals surface area contributed by atoms with Gasteiger partial charge in [0.2, 0.25) is 0 Å². The van der Waals surface area contributed by atoms with Crippen LogP contribution in [-0.2, 0) is 9.53 Å². The largest absolute Gasteiger partial charge is 0.479 e. The van der Waals surface area contributed by atoms with Crippen LogP contribution in [0.1, 0.15) is 20.3 Å². The summed E-state index contributed by atoms with van der Waals surface area (Å²) in [5.74, 6) is -1.29. The van der Waals surface area contributed by atoms with Crippen molar-refractivity contribution in [1.29, 1.82) is 0 Å². The summed E-state index contributed by atoms with van der Waals surface area (Å²) >= 11 is 0. The van der Waals surface area contributed by atoms with Crippen LogP contribution >= 0.6 is 0 Å². The van der Waals surface area contributed by atoms with E-state index in [9.17, 15) is 15.0 Å². The Hall–Kier alpha value is -0.690. The molecule has 3 atom stereocenters. The van der Waals surface area contributed by atoms with E-state index in [0.29, 0.717) is 13.0 Å². The molecule has 3 unspecified atom stereocenters. The molecular formula is C10H19NO5. The molecule has 0 aromatic heterocycles. The molecule has 0 spiro atoms. The second kappa shape index (κ2) is 4.67.